The third-order valence-electron chi connectivity index (χ3n) is 4.51. The molecule has 5 heteroatoms. The van der Waals surface area contributed by atoms with Gasteiger partial charge in [0.15, 0.2) is 0 Å². The smallest absolute Gasteiger partial charge is 0.250 e. The van der Waals surface area contributed by atoms with Crippen molar-refractivity contribution in [2.24, 2.45) is 5.73 Å². The first kappa shape index (κ1) is 13.2. The maximum absolute atomic E-state index is 11.5. The SMILES string of the molecule is NC(=O)c1cc(N)ccc1NC1CCN2CCCCC12. The van der Waals surface area contributed by atoms with Crippen molar-refractivity contribution >= 4 is 17.3 Å². The Morgan fingerprint density at radius 1 is 1.25 bits per heavy atom. The highest BCUT2D eigenvalue weighted by Gasteiger charge is 2.35. The average Bonchev–Trinajstić information content (AvgIpc) is 2.84. The minimum absolute atomic E-state index is 0.400. The fourth-order valence-electron chi connectivity index (χ4n) is 3.51. The first-order valence-electron chi connectivity index (χ1n) is 7.35. The minimum atomic E-state index is -0.432. The second-order valence-corrected chi connectivity index (χ2v) is 5.81. The Hall–Kier alpha value is -1.75. The molecule has 2 aliphatic heterocycles. The lowest BCUT2D eigenvalue weighted by Crippen LogP contribution is -2.42. The van der Waals surface area contributed by atoms with E-state index in [1.807, 2.05) is 12.1 Å². The summed E-state index contributed by atoms with van der Waals surface area (Å²) < 4.78 is 0. The van der Waals surface area contributed by atoms with E-state index in [1.165, 1.54) is 25.8 Å². The van der Waals surface area contributed by atoms with Crippen molar-refractivity contribution in [1.29, 1.82) is 0 Å². The third kappa shape index (κ3) is 2.45. The molecular weight excluding hydrogens is 252 g/mol. The molecule has 1 aromatic rings. The number of anilines is 2. The van der Waals surface area contributed by atoms with Crippen molar-refractivity contribution in [2.45, 2.75) is 37.8 Å². The first-order chi connectivity index (χ1) is 9.65. The molecule has 1 aromatic carbocycles. The Bertz CT molecular complexity index is 517. The molecule has 2 fully saturated rings. The van der Waals surface area contributed by atoms with Gasteiger partial charge in [0.25, 0.3) is 5.91 Å². The summed E-state index contributed by atoms with van der Waals surface area (Å²) in [7, 11) is 0. The van der Waals surface area contributed by atoms with Crippen LogP contribution in [0.5, 0.6) is 0 Å². The Kier molecular flexibility index (Phi) is 3.53. The van der Waals surface area contributed by atoms with E-state index in [4.69, 9.17) is 11.5 Å². The fraction of sp³-hybridized carbons (Fsp3) is 0.533. The van der Waals surface area contributed by atoms with Crippen molar-refractivity contribution < 1.29 is 4.79 Å². The lowest BCUT2D eigenvalue weighted by molar-refractivity contribution is 0.100. The molecule has 1 amide bonds. The normalized spacial score (nSPS) is 26.2. The van der Waals surface area contributed by atoms with Crippen LogP contribution in [0, 0.1) is 0 Å². The lowest BCUT2D eigenvalue weighted by Gasteiger charge is -2.33. The van der Waals surface area contributed by atoms with Crippen LogP contribution < -0.4 is 16.8 Å². The molecule has 5 nitrogen and oxygen atoms in total. The molecule has 20 heavy (non-hydrogen) atoms. The quantitative estimate of drug-likeness (QED) is 0.728. The van der Waals surface area contributed by atoms with E-state index in [0.29, 0.717) is 23.3 Å². The highest BCUT2D eigenvalue weighted by atomic mass is 16.1. The molecule has 2 heterocycles. The Morgan fingerprint density at radius 2 is 2.10 bits per heavy atom. The number of nitrogens with one attached hydrogen (secondary N) is 1. The number of carbonyl (C=O) groups is 1. The molecule has 108 valence electrons. The zero-order chi connectivity index (χ0) is 14.1. The van der Waals surface area contributed by atoms with Crippen LogP contribution in [-0.2, 0) is 0 Å². The van der Waals surface area contributed by atoms with E-state index in [9.17, 15) is 4.79 Å². The van der Waals surface area contributed by atoms with Crippen LogP contribution in [0.2, 0.25) is 0 Å². The van der Waals surface area contributed by atoms with Gasteiger partial charge in [-0.1, -0.05) is 6.42 Å². The summed E-state index contributed by atoms with van der Waals surface area (Å²) in [4.78, 5) is 14.1. The summed E-state index contributed by atoms with van der Waals surface area (Å²) >= 11 is 0. The number of amides is 1. The van der Waals surface area contributed by atoms with Gasteiger partial charge < -0.3 is 16.8 Å². The molecule has 0 aliphatic carbocycles. The van der Waals surface area contributed by atoms with Crippen LogP contribution in [0.25, 0.3) is 0 Å². The van der Waals surface area contributed by atoms with Crippen molar-refractivity contribution in [3.8, 4) is 0 Å². The largest absolute Gasteiger partial charge is 0.399 e. The van der Waals surface area contributed by atoms with Gasteiger partial charge in [0.1, 0.15) is 0 Å². The standard InChI is InChI=1S/C15H22N4O/c16-10-4-5-12(11(9-10)15(17)20)18-13-6-8-19-7-2-1-3-14(13)19/h4-5,9,13-14,18H,1-3,6-8,16H2,(H2,17,20). The van der Waals surface area contributed by atoms with E-state index >= 15 is 0 Å². The van der Waals surface area contributed by atoms with Crippen LogP contribution in [0.3, 0.4) is 0 Å². The summed E-state index contributed by atoms with van der Waals surface area (Å²) in [5.74, 6) is -0.432. The van der Waals surface area contributed by atoms with Crippen molar-refractivity contribution in [2.75, 3.05) is 24.1 Å². The van der Waals surface area contributed by atoms with Crippen LogP contribution >= 0.6 is 0 Å². The van der Waals surface area contributed by atoms with Crippen molar-refractivity contribution in [3.63, 3.8) is 0 Å². The number of rotatable bonds is 3. The summed E-state index contributed by atoms with van der Waals surface area (Å²) in [5.41, 5.74) is 13.0. The summed E-state index contributed by atoms with van der Waals surface area (Å²) in [6, 6.07) is 6.31. The van der Waals surface area contributed by atoms with Gasteiger partial charge >= 0.3 is 0 Å². The monoisotopic (exact) mass is 274 g/mol. The Morgan fingerprint density at radius 3 is 2.90 bits per heavy atom. The second-order valence-electron chi connectivity index (χ2n) is 5.81. The molecule has 0 radical (unpaired) electrons. The fourth-order valence-corrected chi connectivity index (χ4v) is 3.51. The van der Waals surface area contributed by atoms with Crippen LogP contribution in [0.4, 0.5) is 11.4 Å². The average molecular weight is 274 g/mol. The van der Waals surface area contributed by atoms with E-state index in [-0.39, 0.29) is 0 Å². The summed E-state index contributed by atoms with van der Waals surface area (Å²) in [5, 5.41) is 3.52. The van der Waals surface area contributed by atoms with Gasteiger partial charge in [-0.15, -0.1) is 0 Å². The lowest BCUT2D eigenvalue weighted by atomic mass is 9.98. The molecule has 2 unspecified atom stereocenters. The van der Waals surface area contributed by atoms with Gasteiger partial charge in [-0.3, -0.25) is 9.69 Å². The molecule has 2 saturated heterocycles. The zero-order valence-corrected chi connectivity index (χ0v) is 11.6. The molecular formula is C15H22N4O. The number of fused-ring (bicyclic) bond motifs is 1. The molecule has 5 N–H and O–H groups in total. The molecule has 3 rings (SSSR count). The van der Waals surface area contributed by atoms with Gasteiger partial charge in [0.05, 0.1) is 5.56 Å². The molecule has 2 atom stereocenters. The summed E-state index contributed by atoms with van der Waals surface area (Å²) in [6.07, 6.45) is 4.95. The molecule has 0 spiro atoms. The number of carbonyl (C=O) groups excluding carboxylic acids is 1. The minimum Gasteiger partial charge on any atom is -0.399 e. The molecule has 0 bridgehead atoms. The number of primary amides is 1. The first-order valence-corrected chi connectivity index (χ1v) is 7.35. The number of piperidine rings is 1. The second kappa shape index (κ2) is 5.32. The molecule has 2 aliphatic rings. The predicted molar refractivity (Wildman–Crippen MR) is 80.6 cm³/mol. The van der Waals surface area contributed by atoms with Crippen LogP contribution in [0.1, 0.15) is 36.0 Å². The molecule has 0 saturated carbocycles. The van der Waals surface area contributed by atoms with E-state index in [0.717, 1.165) is 18.7 Å². The van der Waals surface area contributed by atoms with Gasteiger partial charge in [-0.05, 0) is 44.0 Å². The Labute approximate surface area is 119 Å². The predicted octanol–water partition coefficient (Wildman–Crippen LogP) is 1.41. The summed E-state index contributed by atoms with van der Waals surface area (Å²) in [6.45, 7) is 2.34. The van der Waals surface area contributed by atoms with E-state index < -0.39 is 5.91 Å². The van der Waals surface area contributed by atoms with Gasteiger partial charge in [-0.2, -0.15) is 0 Å². The van der Waals surface area contributed by atoms with Crippen LogP contribution in [0.15, 0.2) is 18.2 Å². The number of hydrogen-bond donors (Lipinski definition) is 3. The third-order valence-corrected chi connectivity index (χ3v) is 4.51. The van der Waals surface area contributed by atoms with Crippen molar-refractivity contribution in [1.82, 2.24) is 4.90 Å². The molecule has 0 aromatic heterocycles. The number of nitrogens with zero attached hydrogens (tertiary/aromatic N) is 1. The van der Waals surface area contributed by atoms with Gasteiger partial charge in [-0.25, -0.2) is 0 Å². The van der Waals surface area contributed by atoms with E-state index in [1.54, 1.807) is 6.07 Å². The zero-order valence-electron chi connectivity index (χ0n) is 11.6. The maximum Gasteiger partial charge on any atom is 0.250 e. The maximum atomic E-state index is 11.5. The highest BCUT2D eigenvalue weighted by Crippen LogP contribution is 2.30. The highest BCUT2D eigenvalue weighted by molar-refractivity contribution is 5.99. The van der Waals surface area contributed by atoms with Gasteiger partial charge in [0.2, 0.25) is 0 Å². The number of benzene rings is 1. The topological polar surface area (TPSA) is 84.4 Å². The number of hydrogen-bond acceptors (Lipinski definition) is 4. The van der Waals surface area contributed by atoms with Gasteiger partial charge in [0, 0.05) is 30.0 Å². The van der Waals surface area contributed by atoms with Crippen LogP contribution in [-0.4, -0.2) is 36.0 Å². The van der Waals surface area contributed by atoms with Crippen molar-refractivity contribution in [3.05, 3.63) is 23.8 Å². The Balaban J connectivity index is 1.79. The number of nitrogen functional groups attached to an aromatic ring is 1. The number of nitrogens with two attached hydrogens (primary N) is 2. The van der Waals surface area contributed by atoms with E-state index in [2.05, 4.69) is 10.2 Å².